The van der Waals surface area contributed by atoms with E-state index in [-0.39, 0.29) is 10.9 Å². The highest BCUT2D eigenvalue weighted by Crippen LogP contribution is 2.36. The van der Waals surface area contributed by atoms with E-state index < -0.39 is 0 Å². The molecule has 1 aliphatic rings. The Bertz CT molecular complexity index is 728. The normalized spacial score (nSPS) is 25.3. The molecule has 1 saturated carbocycles. The summed E-state index contributed by atoms with van der Waals surface area (Å²) in [5.74, 6) is 1.19. The summed E-state index contributed by atoms with van der Waals surface area (Å²) in [6.45, 7) is 4.55. The molecule has 0 saturated heterocycles. The Morgan fingerprint density at radius 1 is 1.00 bits per heavy atom. The van der Waals surface area contributed by atoms with Gasteiger partial charge in [-0.05, 0) is 23.8 Å². The molecule has 0 aliphatic heterocycles. The van der Waals surface area contributed by atoms with Crippen molar-refractivity contribution in [1.29, 1.82) is 0 Å². The molecule has 3 rings (SSSR count). The van der Waals surface area contributed by atoms with Crippen LogP contribution >= 0.6 is 0 Å². The first kappa shape index (κ1) is 15.0. The molecule has 2 aromatic rings. The monoisotopic (exact) mass is 297 g/mol. The molecule has 0 radical (unpaired) electrons. The molecule has 0 aromatic heterocycles. The third-order valence-electron chi connectivity index (χ3n) is 5.46. The first-order chi connectivity index (χ1) is 10.5. The molecule has 0 spiro atoms. The fraction of sp³-hybridized carbons (Fsp3) is 0.474. The van der Waals surface area contributed by atoms with Gasteiger partial charge in [0.25, 0.3) is 0 Å². The summed E-state index contributed by atoms with van der Waals surface area (Å²) in [5, 5.41) is 0. The van der Waals surface area contributed by atoms with Crippen LogP contribution in [-0.2, 0) is 0 Å². The summed E-state index contributed by atoms with van der Waals surface area (Å²) in [6, 6.07) is 9.88. The predicted molar refractivity (Wildman–Crippen MR) is 91.2 cm³/mol. The van der Waals surface area contributed by atoms with Crippen molar-refractivity contribution in [3.8, 4) is 11.1 Å². The van der Waals surface area contributed by atoms with Crippen LogP contribution in [0.2, 0.25) is 0 Å². The zero-order chi connectivity index (χ0) is 15.9. The Hall–Kier alpha value is -1.90. The molecule has 0 heterocycles. The molecular formula is C19H23NO2. The lowest BCUT2D eigenvalue weighted by atomic mass is 9.77. The van der Waals surface area contributed by atoms with Crippen molar-refractivity contribution in [1.82, 2.24) is 0 Å². The van der Waals surface area contributed by atoms with Gasteiger partial charge in [-0.25, -0.2) is 0 Å². The van der Waals surface area contributed by atoms with Crippen LogP contribution in [-0.4, -0.2) is 13.1 Å². The minimum Gasteiger partial charge on any atom is -0.367 e. The van der Waals surface area contributed by atoms with Gasteiger partial charge in [0, 0.05) is 13.1 Å². The molecule has 0 amide bonds. The van der Waals surface area contributed by atoms with Crippen LogP contribution in [0.4, 0.5) is 5.69 Å². The largest absolute Gasteiger partial charge is 0.367 e. The van der Waals surface area contributed by atoms with Gasteiger partial charge in [0.1, 0.15) is 5.69 Å². The van der Waals surface area contributed by atoms with E-state index in [1.54, 1.807) is 0 Å². The summed E-state index contributed by atoms with van der Waals surface area (Å²) in [5.41, 5.74) is 1.39. The lowest BCUT2D eigenvalue weighted by molar-refractivity contribution is 0.234. The van der Waals surface area contributed by atoms with Crippen molar-refractivity contribution < 1.29 is 0 Å². The first-order valence-corrected chi connectivity index (χ1v) is 8.14. The molecule has 2 aromatic carbocycles. The van der Waals surface area contributed by atoms with E-state index in [0.29, 0.717) is 29.1 Å². The summed E-state index contributed by atoms with van der Waals surface area (Å²) in [7, 11) is 1.97. The Morgan fingerprint density at radius 2 is 1.68 bits per heavy atom. The van der Waals surface area contributed by atoms with E-state index in [1.807, 2.05) is 37.4 Å². The molecule has 1 fully saturated rings. The van der Waals surface area contributed by atoms with Crippen LogP contribution in [0.1, 0.15) is 33.1 Å². The standard InChI is InChI=1S/C19H23NO2/c1-12-8-7-11-15(13(12)2)20(3)17-16(18(21)19(17)22)14-9-5-4-6-10-14/h4-6,9-10,12-13,15H,7-8,11H2,1-3H3/t12-,13-,15-/m1/s1. The van der Waals surface area contributed by atoms with Gasteiger partial charge in [-0.15, -0.1) is 0 Å². The van der Waals surface area contributed by atoms with Gasteiger partial charge in [-0.2, -0.15) is 0 Å². The molecule has 0 N–H and O–H groups in total. The Labute approximate surface area is 131 Å². The lowest BCUT2D eigenvalue weighted by Crippen LogP contribution is -2.48. The summed E-state index contributed by atoms with van der Waals surface area (Å²) < 4.78 is 0. The van der Waals surface area contributed by atoms with E-state index in [1.165, 1.54) is 12.8 Å². The highest BCUT2D eigenvalue weighted by Gasteiger charge is 2.34. The van der Waals surface area contributed by atoms with Crippen molar-refractivity contribution in [3.05, 3.63) is 50.8 Å². The lowest BCUT2D eigenvalue weighted by Gasteiger charge is -2.41. The minimum absolute atomic E-state index is 0.327. The quantitative estimate of drug-likeness (QED) is 0.816. The number of benzene rings is 1. The zero-order valence-corrected chi connectivity index (χ0v) is 13.5. The molecular weight excluding hydrogens is 274 g/mol. The fourth-order valence-corrected chi connectivity index (χ4v) is 3.85. The first-order valence-electron chi connectivity index (χ1n) is 8.14. The Kier molecular flexibility index (Phi) is 3.90. The maximum absolute atomic E-state index is 12.2. The van der Waals surface area contributed by atoms with Crippen LogP contribution < -0.4 is 15.8 Å². The van der Waals surface area contributed by atoms with Gasteiger partial charge >= 0.3 is 0 Å². The maximum Gasteiger partial charge on any atom is 0.250 e. The van der Waals surface area contributed by atoms with Gasteiger partial charge in [-0.1, -0.05) is 57.0 Å². The van der Waals surface area contributed by atoms with Gasteiger partial charge < -0.3 is 4.90 Å². The van der Waals surface area contributed by atoms with Gasteiger partial charge in [0.15, 0.2) is 0 Å². The minimum atomic E-state index is -0.343. The summed E-state index contributed by atoms with van der Waals surface area (Å²) >= 11 is 0. The second-order valence-corrected chi connectivity index (χ2v) is 6.69. The number of hydrogen-bond donors (Lipinski definition) is 0. The van der Waals surface area contributed by atoms with E-state index in [0.717, 1.165) is 12.0 Å². The molecule has 3 atom stereocenters. The maximum atomic E-state index is 12.2. The number of rotatable bonds is 3. The van der Waals surface area contributed by atoms with Crippen LogP contribution in [0.25, 0.3) is 11.1 Å². The summed E-state index contributed by atoms with van der Waals surface area (Å²) in [6.07, 6.45) is 3.54. The van der Waals surface area contributed by atoms with Crippen LogP contribution in [0.5, 0.6) is 0 Å². The fourth-order valence-electron chi connectivity index (χ4n) is 3.85. The predicted octanol–water partition coefficient (Wildman–Crippen LogP) is 3.21. The molecule has 116 valence electrons. The second kappa shape index (κ2) is 5.71. The average molecular weight is 297 g/mol. The van der Waals surface area contributed by atoms with E-state index >= 15 is 0 Å². The average Bonchev–Trinajstić information content (AvgIpc) is 2.54. The molecule has 3 heteroatoms. The van der Waals surface area contributed by atoms with Crippen molar-refractivity contribution >= 4 is 5.69 Å². The van der Waals surface area contributed by atoms with Gasteiger partial charge in [0.2, 0.25) is 10.9 Å². The molecule has 22 heavy (non-hydrogen) atoms. The third kappa shape index (κ3) is 2.29. The highest BCUT2D eigenvalue weighted by molar-refractivity contribution is 5.82. The number of nitrogens with zero attached hydrogens (tertiary/aromatic N) is 1. The van der Waals surface area contributed by atoms with Crippen molar-refractivity contribution in [2.75, 3.05) is 11.9 Å². The number of anilines is 1. The van der Waals surface area contributed by atoms with Crippen molar-refractivity contribution in [2.24, 2.45) is 11.8 Å². The zero-order valence-electron chi connectivity index (χ0n) is 13.5. The Balaban J connectivity index is 1.98. The van der Waals surface area contributed by atoms with E-state index in [9.17, 15) is 9.59 Å². The van der Waals surface area contributed by atoms with Crippen LogP contribution in [0.15, 0.2) is 39.9 Å². The van der Waals surface area contributed by atoms with Gasteiger partial charge in [0.05, 0.1) is 5.56 Å². The smallest absolute Gasteiger partial charge is 0.250 e. The summed E-state index contributed by atoms with van der Waals surface area (Å²) in [4.78, 5) is 26.3. The molecule has 0 unspecified atom stereocenters. The van der Waals surface area contributed by atoms with E-state index in [2.05, 4.69) is 18.7 Å². The molecule has 0 bridgehead atoms. The second-order valence-electron chi connectivity index (χ2n) is 6.69. The van der Waals surface area contributed by atoms with Crippen molar-refractivity contribution in [2.45, 2.75) is 39.2 Å². The van der Waals surface area contributed by atoms with E-state index in [4.69, 9.17) is 0 Å². The Morgan fingerprint density at radius 3 is 2.36 bits per heavy atom. The SMILES string of the molecule is C[C@@H]1[C@H](C)CCC[C@H]1N(C)c1c(-c2ccccc2)c(=O)c1=O. The van der Waals surface area contributed by atoms with Crippen LogP contribution in [0.3, 0.4) is 0 Å². The van der Waals surface area contributed by atoms with Crippen LogP contribution in [0, 0.1) is 11.8 Å². The third-order valence-corrected chi connectivity index (χ3v) is 5.46. The number of hydrogen-bond acceptors (Lipinski definition) is 3. The molecule has 1 aliphatic carbocycles. The topological polar surface area (TPSA) is 37.4 Å². The van der Waals surface area contributed by atoms with Gasteiger partial charge in [-0.3, -0.25) is 9.59 Å². The molecule has 3 nitrogen and oxygen atoms in total. The van der Waals surface area contributed by atoms with Crippen molar-refractivity contribution in [3.63, 3.8) is 0 Å². The highest BCUT2D eigenvalue weighted by atomic mass is 16.2.